The normalized spacial score (nSPS) is 10.7. The van der Waals surface area contributed by atoms with Crippen LogP contribution in [0.3, 0.4) is 0 Å². The van der Waals surface area contributed by atoms with Crippen LogP contribution in [-0.2, 0) is 0 Å². The van der Waals surface area contributed by atoms with Crippen molar-refractivity contribution in [3.05, 3.63) is 65.1 Å². The minimum atomic E-state index is -0.397. The molecule has 0 fully saturated rings. The monoisotopic (exact) mass is 288 g/mol. The van der Waals surface area contributed by atoms with E-state index >= 15 is 0 Å². The lowest BCUT2D eigenvalue weighted by Gasteiger charge is -2.03. The molecule has 5 heteroatoms. The predicted molar refractivity (Wildman–Crippen MR) is 77.7 cm³/mol. The van der Waals surface area contributed by atoms with Gasteiger partial charge in [-0.25, -0.2) is 4.39 Å². The fourth-order valence-electron chi connectivity index (χ4n) is 1.99. The van der Waals surface area contributed by atoms with Crippen LogP contribution in [0.25, 0.3) is 10.9 Å². The van der Waals surface area contributed by atoms with E-state index in [0.717, 1.165) is 10.9 Å². The van der Waals surface area contributed by atoms with E-state index in [1.165, 1.54) is 18.2 Å². The summed E-state index contributed by atoms with van der Waals surface area (Å²) in [7, 11) is 0. The first-order valence-corrected chi connectivity index (χ1v) is 6.35. The topological polar surface area (TPSA) is 44.9 Å². The zero-order valence-electron chi connectivity index (χ0n) is 10.3. The molecule has 1 aromatic heterocycles. The van der Waals surface area contributed by atoms with Gasteiger partial charge < -0.3 is 10.3 Å². The quantitative estimate of drug-likeness (QED) is 0.729. The molecular weight excluding hydrogens is 279 g/mol. The van der Waals surface area contributed by atoms with E-state index in [4.69, 9.17) is 11.6 Å². The molecule has 3 aromatic rings. The van der Waals surface area contributed by atoms with E-state index in [9.17, 15) is 9.18 Å². The Morgan fingerprint density at radius 1 is 1.15 bits per heavy atom. The molecule has 0 radical (unpaired) electrons. The van der Waals surface area contributed by atoms with E-state index in [0.29, 0.717) is 16.4 Å². The number of hydrogen-bond acceptors (Lipinski definition) is 1. The molecule has 0 atom stereocenters. The third-order valence-electron chi connectivity index (χ3n) is 2.91. The zero-order valence-corrected chi connectivity index (χ0v) is 11.0. The number of anilines is 1. The number of carbonyl (C=O) groups excluding carboxylic acids is 1. The van der Waals surface area contributed by atoms with Gasteiger partial charge in [0.25, 0.3) is 5.91 Å². The molecule has 0 aliphatic heterocycles. The van der Waals surface area contributed by atoms with Gasteiger partial charge in [0, 0.05) is 21.6 Å². The van der Waals surface area contributed by atoms with E-state index in [-0.39, 0.29) is 5.91 Å². The molecule has 0 spiro atoms. The predicted octanol–water partition coefficient (Wildman–Crippen LogP) is 4.21. The Bertz CT molecular complexity index is 797. The van der Waals surface area contributed by atoms with Gasteiger partial charge in [0.1, 0.15) is 11.5 Å². The minimum absolute atomic E-state index is 0.331. The van der Waals surface area contributed by atoms with E-state index < -0.39 is 5.82 Å². The summed E-state index contributed by atoms with van der Waals surface area (Å²) in [6, 6.07) is 12.8. The molecule has 20 heavy (non-hydrogen) atoms. The third kappa shape index (κ3) is 2.51. The standard InChI is InChI=1S/C15H10ClFN2O/c16-10-4-5-13-9(6-10)7-14(19-13)15(20)18-12-3-1-2-11(17)8-12/h1-8,19H,(H,18,20). The average molecular weight is 289 g/mol. The van der Waals surface area contributed by atoms with Crippen molar-refractivity contribution in [2.24, 2.45) is 0 Å². The maximum absolute atomic E-state index is 13.1. The number of halogens is 2. The largest absolute Gasteiger partial charge is 0.351 e. The lowest BCUT2D eigenvalue weighted by molar-refractivity contribution is 0.102. The van der Waals surface area contributed by atoms with Crippen molar-refractivity contribution in [2.45, 2.75) is 0 Å². The van der Waals surface area contributed by atoms with Gasteiger partial charge in [0.05, 0.1) is 0 Å². The second-order valence-corrected chi connectivity index (χ2v) is 4.82. The van der Waals surface area contributed by atoms with Crippen LogP contribution in [0, 0.1) is 5.82 Å². The Balaban J connectivity index is 1.88. The molecule has 0 saturated heterocycles. The Morgan fingerprint density at radius 3 is 2.80 bits per heavy atom. The van der Waals surface area contributed by atoms with Crippen molar-refractivity contribution in [1.82, 2.24) is 4.98 Å². The van der Waals surface area contributed by atoms with Crippen molar-refractivity contribution in [2.75, 3.05) is 5.32 Å². The van der Waals surface area contributed by atoms with Crippen LogP contribution in [0.5, 0.6) is 0 Å². The number of benzene rings is 2. The molecule has 0 saturated carbocycles. The highest BCUT2D eigenvalue weighted by Crippen LogP contribution is 2.20. The smallest absolute Gasteiger partial charge is 0.272 e. The van der Waals surface area contributed by atoms with Crippen molar-refractivity contribution in [3.63, 3.8) is 0 Å². The molecule has 0 aliphatic rings. The molecule has 1 amide bonds. The van der Waals surface area contributed by atoms with Gasteiger partial charge in [-0.1, -0.05) is 17.7 Å². The zero-order chi connectivity index (χ0) is 14.1. The summed E-state index contributed by atoms with van der Waals surface area (Å²) in [5, 5.41) is 4.09. The van der Waals surface area contributed by atoms with Crippen LogP contribution in [0.4, 0.5) is 10.1 Å². The molecule has 0 bridgehead atoms. The second kappa shape index (κ2) is 4.98. The molecule has 0 aliphatic carbocycles. The second-order valence-electron chi connectivity index (χ2n) is 4.38. The van der Waals surface area contributed by atoms with Gasteiger partial charge in [0.2, 0.25) is 0 Å². The van der Waals surface area contributed by atoms with Crippen LogP contribution in [-0.4, -0.2) is 10.9 Å². The number of rotatable bonds is 2. The maximum atomic E-state index is 13.1. The van der Waals surface area contributed by atoms with Gasteiger partial charge in [-0.05, 0) is 42.5 Å². The number of aromatic nitrogens is 1. The number of aromatic amines is 1. The van der Waals surface area contributed by atoms with Gasteiger partial charge in [-0.3, -0.25) is 4.79 Å². The fourth-order valence-corrected chi connectivity index (χ4v) is 2.17. The lowest BCUT2D eigenvalue weighted by Crippen LogP contribution is -2.12. The summed E-state index contributed by atoms with van der Waals surface area (Å²) >= 11 is 5.90. The molecule has 100 valence electrons. The van der Waals surface area contributed by atoms with Crippen molar-refractivity contribution >= 4 is 34.1 Å². The molecule has 3 rings (SSSR count). The first-order chi connectivity index (χ1) is 9.61. The summed E-state index contributed by atoms with van der Waals surface area (Å²) in [5.74, 6) is -0.728. The number of H-pyrrole nitrogens is 1. The molecule has 3 nitrogen and oxygen atoms in total. The van der Waals surface area contributed by atoms with Crippen LogP contribution in [0.2, 0.25) is 5.02 Å². The summed E-state index contributed by atoms with van der Waals surface area (Å²) < 4.78 is 13.1. The highest BCUT2D eigenvalue weighted by atomic mass is 35.5. The third-order valence-corrected chi connectivity index (χ3v) is 3.14. The van der Waals surface area contributed by atoms with Gasteiger partial charge in [-0.2, -0.15) is 0 Å². The first-order valence-electron chi connectivity index (χ1n) is 5.97. The van der Waals surface area contributed by atoms with Gasteiger partial charge >= 0.3 is 0 Å². The number of fused-ring (bicyclic) bond motifs is 1. The summed E-state index contributed by atoms with van der Waals surface area (Å²) in [6.45, 7) is 0. The van der Waals surface area contributed by atoms with Gasteiger partial charge in [0.15, 0.2) is 0 Å². The number of hydrogen-bond donors (Lipinski definition) is 2. The van der Waals surface area contributed by atoms with Crippen LogP contribution >= 0.6 is 11.6 Å². The number of carbonyl (C=O) groups is 1. The SMILES string of the molecule is O=C(Nc1cccc(F)c1)c1cc2cc(Cl)ccc2[nH]1. The minimum Gasteiger partial charge on any atom is -0.351 e. The Kier molecular flexibility index (Phi) is 3.16. The molecule has 2 N–H and O–H groups in total. The maximum Gasteiger partial charge on any atom is 0.272 e. The number of amides is 1. The van der Waals surface area contributed by atoms with Crippen LogP contribution in [0.15, 0.2) is 48.5 Å². The molecular formula is C15H10ClFN2O. The number of nitrogens with one attached hydrogen (secondary N) is 2. The molecule has 0 unspecified atom stereocenters. The summed E-state index contributed by atoms with van der Waals surface area (Å²) in [5.41, 5.74) is 1.62. The Labute approximate surface area is 119 Å². The Morgan fingerprint density at radius 2 is 2.00 bits per heavy atom. The summed E-state index contributed by atoms with van der Waals surface area (Å²) in [4.78, 5) is 15.1. The first kappa shape index (κ1) is 12.7. The van der Waals surface area contributed by atoms with E-state index in [1.807, 2.05) is 0 Å². The fraction of sp³-hybridized carbons (Fsp3) is 0. The summed E-state index contributed by atoms with van der Waals surface area (Å²) in [6.07, 6.45) is 0. The Hall–Kier alpha value is -2.33. The average Bonchev–Trinajstić information content (AvgIpc) is 2.81. The van der Waals surface area contributed by atoms with Crippen LogP contribution < -0.4 is 5.32 Å². The molecule has 2 aromatic carbocycles. The van der Waals surface area contributed by atoms with E-state index in [1.54, 1.807) is 30.3 Å². The van der Waals surface area contributed by atoms with Crippen LogP contribution in [0.1, 0.15) is 10.5 Å². The lowest BCUT2D eigenvalue weighted by atomic mass is 10.2. The highest BCUT2D eigenvalue weighted by Gasteiger charge is 2.10. The van der Waals surface area contributed by atoms with Crippen molar-refractivity contribution < 1.29 is 9.18 Å². The van der Waals surface area contributed by atoms with Crippen molar-refractivity contribution in [1.29, 1.82) is 0 Å². The molecule has 1 heterocycles. The van der Waals surface area contributed by atoms with Gasteiger partial charge in [-0.15, -0.1) is 0 Å². The highest BCUT2D eigenvalue weighted by molar-refractivity contribution is 6.31. The van der Waals surface area contributed by atoms with Crippen molar-refractivity contribution in [3.8, 4) is 0 Å². The van der Waals surface area contributed by atoms with E-state index in [2.05, 4.69) is 10.3 Å².